The molecule has 10 heteroatoms. The number of carbonyl (C=O) groups is 2. The Bertz CT molecular complexity index is 1200. The van der Waals surface area contributed by atoms with E-state index in [0.29, 0.717) is 10.6 Å². The summed E-state index contributed by atoms with van der Waals surface area (Å²) >= 11 is 11.9. The molecule has 0 spiro atoms. The number of benzene rings is 2. The van der Waals surface area contributed by atoms with Crippen molar-refractivity contribution in [1.29, 1.82) is 5.41 Å². The number of nitrogens with one attached hydrogen (secondary N) is 3. The van der Waals surface area contributed by atoms with Gasteiger partial charge in [0, 0.05) is 16.8 Å². The molecule has 0 aliphatic rings. The van der Waals surface area contributed by atoms with Crippen molar-refractivity contribution >= 4 is 52.4 Å². The maximum Gasteiger partial charge on any atom is 0.258 e. The first-order valence-electron chi connectivity index (χ1n) is 8.84. The molecule has 7 nitrogen and oxygen atoms in total. The Labute approximate surface area is 186 Å². The van der Waals surface area contributed by atoms with E-state index in [4.69, 9.17) is 34.3 Å². The van der Waals surface area contributed by atoms with Gasteiger partial charge in [-0.05, 0) is 48.9 Å². The van der Waals surface area contributed by atoms with Crippen LogP contribution in [-0.4, -0.2) is 22.6 Å². The van der Waals surface area contributed by atoms with Crippen molar-refractivity contribution in [2.75, 3.05) is 10.6 Å². The first-order chi connectivity index (χ1) is 14.7. The van der Waals surface area contributed by atoms with Crippen molar-refractivity contribution < 1.29 is 14.0 Å². The number of aromatic nitrogens is 1. The number of hydrogen-bond acceptors (Lipinski definition) is 4. The molecule has 3 aromatic rings. The molecule has 1 heterocycles. The van der Waals surface area contributed by atoms with Crippen LogP contribution >= 0.6 is 23.2 Å². The van der Waals surface area contributed by atoms with Crippen LogP contribution in [0.2, 0.25) is 10.0 Å². The van der Waals surface area contributed by atoms with E-state index in [1.165, 1.54) is 30.5 Å². The zero-order chi connectivity index (χ0) is 22.7. The fraction of sp³-hybridized carbons (Fsp3) is 0.0476. The van der Waals surface area contributed by atoms with Gasteiger partial charge in [0.05, 0.1) is 21.8 Å². The Hall–Kier alpha value is -3.49. The van der Waals surface area contributed by atoms with E-state index < -0.39 is 17.6 Å². The molecule has 0 saturated heterocycles. The summed E-state index contributed by atoms with van der Waals surface area (Å²) in [4.78, 5) is 29.5. The minimum absolute atomic E-state index is 0.0656. The number of nitrogens with two attached hydrogens (primary N) is 1. The summed E-state index contributed by atoms with van der Waals surface area (Å²) in [6.07, 6.45) is 1.37. The number of halogens is 3. The molecule has 0 saturated carbocycles. The predicted octanol–water partition coefficient (Wildman–Crippen LogP) is 4.62. The van der Waals surface area contributed by atoms with Gasteiger partial charge in [0.25, 0.3) is 11.8 Å². The Morgan fingerprint density at radius 2 is 1.71 bits per heavy atom. The molecule has 0 aliphatic carbocycles. The summed E-state index contributed by atoms with van der Waals surface area (Å²) in [6, 6.07) is 9.57. The zero-order valence-electron chi connectivity index (χ0n) is 16.1. The van der Waals surface area contributed by atoms with E-state index >= 15 is 0 Å². The van der Waals surface area contributed by atoms with Gasteiger partial charge in [-0.2, -0.15) is 0 Å². The number of amides is 2. The first-order valence-corrected chi connectivity index (χ1v) is 9.59. The summed E-state index contributed by atoms with van der Waals surface area (Å²) in [5.41, 5.74) is 5.93. The predicted molar refractivity (Wildman–Crippen MR) is 119 cm³/mol. The smallest absolute Gasteiger partial charge is 0.258 e. The zero-order valence-corrected chi connectivity index (χ0v) is 17.6. The van der Waals surface area contributed by atoms with Gasteiger partial charge in [-0.3, -0.25) is 15.0 Å². The molecule has 0 bridgehead atoms. The van der Waals surface area contributed by atoms with Crippen LogP contribution in [0, 0.1) is 18.2 Å². The maximum atomic E-state index is 14.4. The third kappa shape index (κ3) is 5.17. The lowest BCUT2D eigenvalue weighted by Gasteiger charge is -2.15. The Morgan fingerprint density at radius 1 is 1.00 bits per heavy atom. The van der Waals surface area contributed by atoms with Gasteiger partial charge in [-0.1, -0.05) is 29.3 Å². The number of anilines is 2. The normalized spacial score (nSPS) is 10.5. The lowest BCUT2D eigenvalue weighted by atomic mass is 10.1. The number of nitrogens with zero attached hydrogens (tertiary/aromatic N) is 1. The topological polar surface area (TPSA) is 121 Å². The van der Waals surface area contributed by atoms with E-state index in [0.717, 1.165) is 6.07 Å². The standard InChI is InChI=1S/C21H16Cl2FN5O2/c1-10-6-13(23)8-15(21(31)28-17-5-3-12(22)9-27-17)18(10)29-20(30)14-4-2-11(19(25)26)7-16(14)24/h2-9H,1H3,(H3,25,26)(H,29,30)(H,27,28,31). The first kappa shape index (κ1) is 22.2. The van der Waals surface area contributed by atoms with E-state index in [1.807, 2.05) is 0 Å². The number of amidine groups is 1. The van der Waals surface area contributed by atoms with Gasteiger partial charge in [0.1, 0.15) is 17.5 Å². The molecule has 3 rings (SSSR count). The van der Waals surface area contributed by atoms with E-state index in [1.54, 1.807) is 19.1 Å². The second kappa shape index (κ2) is 9.11. The van der Waals surface area contributed by atoms with E-state index in [9.17, 15) is 14.0 Å². The largest absolute Gasteiger partial charge is 0.384 e. The highest BCUT2D eigenvalue weighted by molar-refractivity contribution is 6.31. The molecule has 1 aromatic heterocycles. The lowest BCUT2D eigenvalue weighted by molar-refractivity contribution is 0.102. The number of rotatable bonds is 5. The SMILES string of the molecule is Cc1cc(Cl)cc(C(=O)Nc2ccc(Cl)cn2)c1NC(=O)c1ccc(C(=N)N)cc1F. The molecule has 5 N–H and O–H groups in total. The number of hydrogen-bond donors (Lipinski definition) is 4. The van der Waals surface area contributed by atoms with Crippen LogP contribution in [0.4, 0.5) is 15.9 Å². The third-order valence-corrected chi connectivity index (χ3v) is 4.72. The minimum atomic E-state index is -0.854. The summed E-state index contributed by atoms with van der Waals surface area (Å²) in [7, 11) is 0. The van der Waals surface area contributed by atoms with Crippen LogP contribution in [0.25, 0.3) is 0 Å². The molecule has 158 valence electrons. The van der Waals surface area contributed by atoms with Crippen molar-refractivity contribution in [2.45, 2.75) is 6.92 Å². The Morgan fingerprint density at radius 3 is 2.32 bits per heavy atom. The second-order valence-corrected chi connectivity index (χ2v) is 7.40. The van der Waals surface area contributed by atoms with Crippen LogP contribution in [-0.2, 0) is 0 Å². The van der Waals surface area contributed by atoms with Gasteiger partial charge >= 0.3 is 0 Å². The molecular weight excluding hydrogens is 444 g/mol. The minimum Gasteiger partial charge on any atom is -0.384 e. The molecule has 0 fully saturated rings. The number of aryl methyl sites for hydroxylation is 1. The number of pyridine rings is 1. The molecule has 0 atom stereocenters. The number of nitrogen functional groups attached to an aromatic ring is 1. The van der Waals surface area contributed by atoms with Crippen molar-refractivity contribution in [3.63, 3.8) is 0 Å². The van der Waals surface area contributed by atoms with Crippen LogP contribution in [0.3, 0.4) is 0 Å². The van der Waals surface area contributed by atoms with Gasteiger partial charge in [-0.15, -0.1) is 0 Å². The van der Waals surface area contributed by atoms with Gasteiger partial charge in [0.2, 0.25) is 0 Å². The highest BCUT2D eigenvalue weighted by Gasteiger charge is 2.20. The molecule has 0 aliphatic heterocycles. The summed E-state index contributed by atoms with van der Waals surface area (Å²) in [6.45, 7) is 1.65. The van der Waals surface area contributed by atoms with Crippen LogP contribution in [0.15, 0.2) is 48.7 Å². The average molecular weight is 460 g/mol. The van der Waals surface area contributed by atoms with Crippen molar-refractivity contribution in [3.8, 4) is 0 Å². The molecule has 0 unspecified atom stereocenters. The molecule has 2 aromatic carbocycles. The van der Waals surface area contributed by atoms with Crippen LogP contribution in [0.5, 0.6) is 0 Å². The van der Waals surface area contributed by atoms with E-state index in [2.05, 4.69) is 15.6 Å². The Kier molecular flexibility index (Phi) is 6.53. The molecule has 0 radical (unpaired) electrons. The van der Waals surface area contributed by atoms with Gasteiger partial charge < -0.3 is 16.4 Å². The fourth-order valence-electron chi connectivity index (χ4n) is 2.77. The summed E-state index contributed by atoms with van der Waals surface area (Å²) < 4.78 is 14.4. The molecule has 2 amide bonds. The fourth-order valence-corrected chi connectivity index (χ4v) is 3.15. The van der Waals surface area contributed by atoms with Crippen LogP contribution < -0.4 is 16.4 Å². The van der Waals surface area contributed by atoms with Crippen molar-refractivity contribution in [3.05, 3.63) is 86.8 Å². The van der Waals surface area contributed by atoms with Gasteiger partial charge in [0.15, 0.2) is 0 Å². The number of carbonyl (C=O) groups excluding carboxylic acids is 2. The monoisotopic (exact) mass is 459 g/mol. The second-order valence-electron chi connectivity index (χ2n) is 6.52. The van der Waals surface area contributed by atoms with Gasteiger partial charge in [-0.25, -0.2) is 9.37 Å². The third-order valence-electron chi connectivity index (χ3n) is 4.28. The maximum absolute atomic E-state index is 14.4. The summed E-state index contributed by atoms with van der Waals surface area (Å²) in [5, 5.41) is 13.2. The molecule has 31 heavy (non-hydrogen) atoms. The van der Waals surface area contributed by atoms with Crippen LogP contribution in [0.1, 0.15) is 31.8 Å². The van der Waals surface area contributed by atoms with Crippen molar-refractivity contribution in [2.24, 2.45) is 5.73 Å². The quantitative estimate of drug-likeness (QED) is 0.328. The van der Waals surface area contributed by atoms with E-state index in [-0.39, 0.29) is 39.1 Å². The highest BCUT2D eigenvalue weighted by Crippen LogP contribution is 2.27. The molecular formula is C21H16Cl2FN5O2. The van der Waals surface area contributed by atoms with Crippen molar-refractivity contribution in [1.82, 2.24) is 4.98 Å². The lowest BCUT2D eigenvalue weighted by Crippen LogP contribution is -2.21. The summed E-state index contributed by atoms with van der Waals surface area (Å²) in [5.74, 6) is -2.29. The average Bonchev–Trinajstić information content (AvgIpc) is 2.71. The highest BCUT2D eigenvalue weighted by atomic mass is 35.5. The Balaban J connectivity index is 1.92.